The highest BCUT2D eigenvalue weighted by Crippen LogP contribution is 2.37. The van der Waals surface area contributed by atoms with Gasteiger partial charge >= 0.3 is 6.18 Å². The van der Waals surface area contributed by atoms with Crippen molar-refractivity contribution < 1.29 is 13.2 Å². The number of aryl methyl sites for hydroxylation is 1. The second-order valence-electron chi connectivity index (χ2n) is 5.17. The largest absolute Gasteiger partial charge is 0.416 e. The number of nitrogens with two attached hydrogens (primary N) is 1. The van der Waals surface area contributed by atoms with Gasteiger partial charge < -0.3 is 5.73 Å². The molecule has 2 N–H and O–H groups in total. The molecule has 0 unspecified atom stereocenters. The Balaban J connectivity index is 2.13. The predicted octanol–water partition coefficient (Wildman–Crippen LogP) is 4.36. The van der Waals surface area contributed by atoms with Gasteiger partial charge in [0.2, 0.25) is 0 Å². The molecule has 0 fully saturated rings. The number of hydrogen-bond acceptors (Lipinski definition) is 2. The highest BCUT2D eigenvalue weighted by Gasteiger charge is 2.30. The van der Waals surface area contributed by atoms with Crippen molar-refractivity contribution in [1.82, 2.24) is 9.78 Å². The van der Waals surface area contributed by atoms with E-state index in [0.717, 1.165) is 17.7 Å². The summed E-state index contributed by atoms with van der Waals surface area (Å²) in [5.74, 6) is 0.406. The maximum atomic E-state index is 12.7. The summed E-state index contributed by atoms with van der Waals surface area (Å²) in [4.78, 5) is 0. The standard InChI is InChI=1S/C17H14F3N3/c1-23-16(21)14(15(22-23)12-5-3-2-4-6-12)11-7-9-13(10-8-11)17(18,19)20/h2-10H,21H2,1H3. The van der Waals surface area contributed by atoms with Crippen molar-refractivity contribution in [1.29, 1.82) is 0 Å². The molecule has 118 valence electrons. The average molecular weight is 317 g/mol. The van der Waals surface area contributed by atoms with Crippen LogP contribution in [0.25, 0.3) is 22.4 Å². The van der Waals surface area contributed by atoms with E-state index in [1.54, 1.807) is 7.05 Å². The Hall–Kier alpha value is -2.76. The number of aromatic nitrogens is 2. The lowest BCUT2D eigenvalue weighted by atomic mass is 9.99. The fraction of sp³-hybridized carbons (Fsp3) is 0.118. The van der Waals surface area contributed by atoms with E-state index in [1.165, 1.54) is 16.8 Å². The molecule has 23 heavy (non-hydrogen) atoms. The molecule has 6 heteroatoms. The highest BCUT2D eigenvalue weighted by atomic mass is 19.4. The molecule has 0 spiro atoms. The van der Waals surface area contributed by atoms with Gasteiger partial charge in [0.25, 0.3) is 0 Å². The molecule has 1 aromatic heterocycles. The fourth-order valence-electron chi connectivity index (χ4n) is 2.45. The van der Waals surface area contributed by atoms with Crippen LogP contribution in [0.3, 0.4) is 0 Å². The lowest BCUT2D eigenvalue weighted by Crippen LogP contribution is -2.04. The van der Waals surface area contributed by atoms with Crippen molar-refractivity contribution >= 4 is 5.82 Å². The third kappa shape index (κ3) is 2.79. The Morgan fingerprint density at radius 3 is 2.09 bits per heavy atom. The van der Waals surface area contributed by atoms with Crippen LogP contribution < -0.4 is 5.73 Å². The van der Waals surface area contributed by atoms with Crippen molar-refractivity contribution in [2.75, 3.05) is 5.73 Å². The van der Waals surface area contributed by atoms with Crippen molar-refractivity contribution in [2.45, 2.75) is 6.18 Å². The molecular weight excluding hydrogens is 303 g/mol. The smallest absolute Gasteiger partial charge is 0.383 e. The second-order valence-corrected chi connectivity index (χ2v) is 5.17. The lowest BCUT2D eigenvalue weighted by Gasteiger charge is -2.08. The summed E-state index contributed by atoms with van der Waals surface area (Å²) in [6.45, 7) is 0. The van der Waals surface area contributed by atoms with Gasteiger partial charge in [-0.1, -0.05) is 42.5 Å². The van der Waals surface area contributed by atoms with Gasteiger partial charge in [0.1, 0.15) is 11.5 Å². The highest BCUT2D eigenvalue weighted by molar-refractivity contribution is 5.88. The van der Waals surface area contributed by atoms with Crippen LogP contribution in [0.4, 0.5) is 19.0 Å². The van der Waals surface area contributed by atoms with Crippen LogP contribution in [-0.2, 0) is 13.2 Å². The molecule has 1 heterocycles. The van der Waals surface area contributed by atoms with E-state index in [4.69, 9.17) is 5.73 Å². The first kappa shape index (κ1) is 15.1. The van der Waals surface area contributed by atoms with Crippen LogP contribution in [0.5, 0.6) is 0 Å². The van der Waals surface area contributed by atoms with E-state index in [9.17, 15) is 13.2 Å². The number of anilines is 1. The third-order valence-corrected chi connectivity index (χ3v) is 3.64. The van der Waals surface area contributed by atoms with Crippen LogP contribution in [0, 0.1) is 0 Å². The maximum absolute atomic E-state index is 12.7. The molecule has 0 atom stereocenters. The second kappa shape index (κ2) is 5.46. The van der Waals surface area contributed by atoms with Gasteiger partial charge in [0.15, 0.2) is 0 Å². The number of benzene rings is 2. The minimum atomic E-state index is -4.36. The molecule has 0 saturated heterocycles. The summed E-state index contributed by atoms with van der Waals surface area (Å²) in [7, 11) is 1.70. The first-order valence-electron chi connectivity index (χ1n) is 6.93. The van der Waals surface area contributed by atoms with Crippen LogP contribution in [0.2, 0.25) is 0 Å². The van der Waals surface area contributed by atoms with Crippen LogP contribution in [0.15, 0.2) is 54.6 Å². The Kier molecular flexibility index (Phi) is 3.60. The molecule has 0 aliphatic carbocycles. The molecule has 0 aliphatic heterocycles. The van der Waals surface area contributed by atoms with Crippen molar-refractivity contribution in [3.8, 4) is 22.4 Å². The summed E-state index contributed by atoms with van der Waals surface area (Å²) in [6.07, 6.45) is -4.36. The van der Waals surface area contributed by atoms with Gasteiger partial charge in [-0.2, -0.15) is 18.3 Å². The van der Waals surface area contributed by atoms with Gasteiger partial charge in [-0.3, -0.25) is 4.68 Å². The first-order valence-corrected chi connectivity index (χ1v) is 6.93. The van der Waals surface area contributed by atoms with Gasteiger partial charge in [-0.25, -0.2) is 0 Å². The SMILES string of the molecule is Cn1nc(-c2ccccc2)c(-c2ccc(C(F)(F)F)cc2)c1N. The number of hydrogen-bond donors (Lipinski definition) is 1. The van der Waals surface area contributed by atoms with E-state index in [-0.39, 0.29) is 0 Å². The molecule has 0 aliphatic rings. The van der Waals surface area contributed by atoms with Gasteiger partial charge in [0, 0.05) is 12.6 Å². The fourth-order valence-corrected chi connectivity index (χ4v) is 2.45. The molecule has 0 radical (unpaired) electrons. The first-order chi connectivity index (χ1) is 10.9. The predicted molar refractivity (Wildman–Crippen MR) is 83.5 cm³/mol. The molecule has 2 aromatic carbocycles. The summed E-state index contributed by atoms with van der Waals surface area (Å²) < 4.78 is 39.6. The molecule has 0 saturated carbocycles. The van der Waals surface area contributed by atoms with Gasteiger partial charge in [0.05, 0.1) is 11.1 Å². The molecule has 0 bridgehead atoms. The van der Waals surface area contributed by atoms with E-state index < -0.39 is 11.7 Å². The summed E-state index contributed by atoms with van der Waals surface area (Å²) in [5, 5.41) is 4.40. The van der Waals surface area contributed by atoms with Crippen molar-refractivity contribution in [2.24, 2.45) is 7.05 Å². The zero-order chi connectivity index (χ0) is 16.6. The minimum Gasteiger partial charge on any atom is -0.383 e. The van der Waals surface area contributed by atoms with Crippen molar-refractivity contribution in [3.05, 3.63) is 60.2 Å². The van der Waals surface area contributed by atoms with Gasteiger partial charge in [-0.05, 0) is 17.7 Å². The Labute approximate surface area is 131 Å². The van der Waals surface area contributed by atoms with E-state index >= 15 is 0 Å². The quantitative estimate of drug-likeness (QED) is 0.763. The minimum absolute atomic E-state index is 0.406. The average Bonchev–Trinajstić information content (AvgIpc) is 2.83. The number of rotatable bonds is 2. The summed E-state index contributed by atoms with van der Waals surface area (Å²) >= 11 is 0. The zero-order valence-electron chi connectivity index (χ0n) is 12.3. The normalized spacial score (nSPS) is 11.7. The van der Waals surface area contributed by atoms with Crippen LogP contribution >= 0.6 is 0 Å². The Bertz CT molecular complexity index is 819. The van der Waals surface area contributed by atoms with Gasteiger partial charge in [-0.15, -0.1) is 0 Å². The number of halogens is 3. The Morgan fingerprint density at radius 2 is 1.52 bits per heavy atom. The van der Waals surface area contributed by atoms with Crippen LogP contribution in [-0.4, -0.2) is 9.78 Å². The third-order valence-electron chi connectivity index (χ3n) is 3.64. The summed E-state index contributed by atoms with van der Waals surface area (Å²) in [6, 6.07) is 14.3. The molecular formula is C17H14F3N3. The topological polar surface area (TPSA) is 43.8 Å². The van der Waals surface area contributed by atoms with E-state index in [1.807, 2.05) is 30.3 Å². The van der Waals surface area contributed by atoms with Crippen LogP contribution in [0.1, 0.15) is 5.56 Å². The molecule has 0 amide bonds. The molecule has 3 nitrogen and oxygen atoms in total. The molecule has 3 rings (SSSR count). The monoisotopic (exact) mass is 317 g/mol. The van der Waals surface area contributed by atoms with Crippen molar-refractivity contribution in [3.63, 3.8) is 0 Å². The number of nitrogens with zero attached hydrogens (tertiary/aromatic N) is 2. The lowest BCUT2D eigenvalue weighted by molar-refractivity contribution is -0.137. The molecule has 3 aromatic rings. The maximum Gasteiger partial charge on any atom is 0.416 e. The summed E-state index contributed by atoms with van der Waals surface area (Å²) in [5.41, 5.74) is 8.12. The van der Waals surface area contributed by atoms with E-state index in [2.05, 4.69) is 5.10 Å². The number of alkyl halides is 3. The zero-order valence-corrected chi connectivity index (χ0v) is 12.3. The van der Waals surface area contributed by atoms with E-state index in [0.29, 0.717) is 22.6 Å². The Morgan fingerprint density at radius 1 is 0.913 bits per heavy atom. The number of nitrogen functional groups attached to an aromatic ring is 1.